The van der Waals surface area contributed by atoms with E-state index in [4.69, 9.17) is 10.8 Å². The van der Waals surface area contributed by atoms with Gasteiger partial charge in [0, 0.05) is 21.3 Å². The Kier molecular flexibility index (Phi) is 3.01. The van der Waals surface area contributed by atoms with E-state index < -0.39 is 22.8 Å². The van der Waals surface area contributed by atoms with E-state index in [1.165, 1.54) is 19.3 Å². The van der Waals surface area contributed by atoms with Crippen molar-refractivity contribution in [2.75, 3.05) is 5.75 Å². The summed E-state index contributed by atoms with van der Waals surface area (Å²) in [4.78, 5) is 10.8. The average molecular weight is 271 g/mol. The lowest BCUT2D eigenvalue weighted by molar-refractivity contribution is -0.137. The lowest BCUT2D eigenvalue weighted by Crippen LogP contribution is -2.54. The van der Waals surface area contributed by atoms with Gasteiger partial charge in [-0.25, -0.2) is 0 Å². The molecule has 18 heavy (non-hydrogen) atoms. The molecular formula is C13H21NO3S. The normalized spacial score (nSPS) is 44.8. The van der Waals surface area contributed by atoms with Crippen molar-refractivity contribution >= 4 is 16.8 Å². The zero-order valence-electron chi connectivity index (χ0n) is 10.5. The second kappa shape index (κ2) is 4.30. The van der Waals surface area contributed by atoms with Crippen molar-refractivity contribution in [3.8, 4) is 0 Å². The van der Waals surface area contributed by atoms with Gasteiger partial charge in [0.05, 0.1) is 0 Å². The first-order valence-electron chi connectivity index (χ1n) is 6.85. The Bertz CT molecular complexity index is 360. The SMILES string of the molecule is N[C@@H](CS(=O)C12CC3CC(CC(C3)C1)C2)C(=O)O. The van der Waals surface area contributed by atoms with Crippen LogP contribution < -0.4 is 5.73 Å². The first-order valence-corrected chi connectivity index (χ1v) is 8.17. The fourth-order valence-electron chi connectivity index (χ4n) is 4.72. The van der Waals surface area contributed by atoms with Crippen LogP contribution in [0.15, 0.2) is 0 Å². The molecule has 5 heteroatoms. The van der Waals surface area contributed by atoms with Gasteiger partial charge in [-0.05, 0) is 56.3 Å². The van der Waals surface area contributed by atoms with Crippen molar-refractivity contribution in [3.63, 3.8) is 0 Å². The van der Waals surface area contributed by atoms with E-state index >= 15 is 0 Å². The fraction of sp³-hybridized carbons (Fsp3) is 0.923. The highest BCUT2D eigenvalue weighted by molar-refractivity contribution is 7.86. The highest BCUT2D eigenvalue weighted by atomic mass is 32.2. The largest absolute Gasteiger partial charge is 0.480 e. The van der Waals surface area contributed by atoms with E-state index in [1.807, 2.05) is 0 Å². The quantitative estimate of drug-likeness (QED) is 0.803. The first kappa shape index (κ1) is 12.6. The topological polar surface area (TPSA) is 80.4 Å². The van der Waals surface area contributed by atoms with E-state index in [-0.39, 0.29) is 10.5 Å². The minimum atomic E-state index is -1.08. The van der Waals surface area contributed by atoms with Crippen LogP contribution in [0.4, 0.5) is 0 Å². The van der Waals surface area contributed by atoms with Gasteiger partial charge in [-0.3, -0.25) is 9.00 Å². The lowest BCUT2D eigenvalue weighted by Gasteiger charge is -2.56. The summed E-state index contributed by atoms with van der Waals surface area (Å²) in [6.07, 6.45) is 7.04. The minimum Gasteiger partial charge on any atom is -0.480 e. The highest BCUT2D eigenvalue weighted by Crippen LogP contribution is 2.57. The van der Waals surface area contributed by atoms with Crippen molar-refractivity contribution in [1.29, 1.82) is 0 Å². The Hall–Kier alpha value is -0.420. The first-order chi connectivity index (χ1) is 8.48. The van der Waals surface area contributed by atoms with Crippen LogP contribution in [0.3, 0.4) is 0 Å². The van der Waals surface area contributed by atoms with Gasteiger partial charge in [0.2, 0.25) is 0 Å². The van der Waals surface area contributed by atoms with Crippen molar-refractivity contribution < 1.29 is 14.1 Å². The number of hydrogen-bond acceptors (Lipinski definition) is 3. The summed E-state index contributed by atoms with van der Waals surface area (Å²) >= 11 is 0. The molecule has 0 aromatic heterocycles. The second-order valence-corrected chi connectivity index (χ2v) is 8.45. The third kappa shape index (κ3) is 2.01. The molecule has 4 saturated carbocycles. The zero-order chi connectivity index (χ0) is 12.9. The standard InChI is InChI=1S/C13H21NO3S/c14-11(12(15)16)7-18(17)13-4-8-1-9(5-13)3-10(2-8)6-13/h8-11H,1-7,14H2,(H,15,16)/t8?,9?,10?,11-,13?,18?/m0/s1. The number of carboxylic acids is 1. The Balaban J connectivity index is 1.75. The van der Waals surface area contributed by atoms with Gasteiger partial charge in [0.15, 0.2) is 0 Å². The molecule has 4 aliphatic rings. The molecule has 0 heterocycles. The summed E-state index contributed by atoms with van der Waals surface area (Å²) in [5.74, 6) is 1.30. The van der Waals surface area contributed by atoms with Gasteiger partial charge in [0.1, 0.15) is 6.04 Å². The average Bonchev–Trinajstić information content (AvgIpc) is 2.26. The van der Waals surface area contributed by atoms with Gasteiger partial charge >= 0.3 is 5.97 Å². The number of aliphatic carboxylic acids is 1. The van der Waals surface area contributed by atoms with Gasteiger partial charge in [-0.2, -0.15) is 0 Å². The summed E-state index contributed by atoms with van der Waals surface area (Å²) in [5.41, 5.74) is 5.54. The Morgan fingerprint density at radius 3 is 2.06 bits per heavy atom. The van der Waals surface area contributed by atoms with Crippen LogP contribution in [-0.4, -0.2) is 31.8 Å². The minimum absolute atomic E-state index is 0.0954. The number of carbonyl (C=O) groups is 1. The van der Waals surface area contributed by atoms with Crippen LogP contribution in [0.5, 0.6) is 0 Å². The molecule has 4 rings (SSSR count). The van der Waals surface area contributed by atoms with Gasteiger partial charge in [-0.15, -0.1) is 0 Å². The molecule has 4 nitrogen and oxygen atoms in total. The second-order valence-electron chi connectivity index (χ2n) is 6.56. The predicted molar refractivity (Wildman–Crippen MR) is 69.5 cm³/mol. The van der Waals surface area contributed by atoms with E-state index in [0.717, 1.165) is 37.0 Å². The van der Waals surface area contributed by atoms with Gasteiger partial charge in [-0.1, -0.05) is 0 Å². The van der Waals surface area contributed by atoms with Crippen LogP contribution >= 0.6 is 0 Å². The molecule has 0 aromatic rings. The molecule has 4 bridgehead atoms. The molecule has 4 fully saturated rings. The smallest absolute Gasteiger partial charge is 0.321 e. The van der Waals surface area contributed by atoms with E-state index in [2.05, 4.69) is 0 Å². The Labute approximate surface area is 110 Å². The van der Waals surface area contributed by atoms with E-state index in [1.54, 1.807) is 0 Å². The fourth-order valence-corrected chi connectivity index (χ4v) is 6.81. The van der Waals surface area contributed by atoms with Crippen molar-refractivity contribution in [1.82, 2.24) is 0 Å². The molecule has 0 radical (unpaired) electrons. The van der Waals surface area contributed by atoms with Crippen LogP contribution in [0, 0.1) is 17.8 Å². The van der Waals surface area contributed by atoms with Crippen LogP contribution in [0.1, 0.15) is 38.5 Å². The van der Waals surface area contributed by atoms with Crippen molar-refractivity contribution in [2.45, 2.75) is 49.3 Å². The van der Waals surface area contributed by atoms with Gasteiger partial charge in [0.25, 0.3) is 0 Å². The monoisotopic (exact) mass is 271 g/mol. The van der Waals surface area contributed by atoms with Crippen LogP contribution in [-0.2, 0) is 15.6 Å². The zero-order valence-corrected chi connectivity index (χ0v) is 11.3. The Morgan fingerprint density at radius 1 is 1.22 bits per heavy atom. The maximum atomic E-state index is 12.6. The van der Waals surface area contributed by atoms with Crippen molar-refractivity contribution in [2.24, 2.45) is 23.5 Å². The summed E-state index contributed by atoms with van der Waals surface area (Å²) in [7, 11) is -1.08. The summed E-state index contributed by atoms with van der Waals surface area (Å²) in [6, 6.07) is -0.973. The summed E-state index contributed by atoms with van der Waals surface area (Å²) in [5, 5.41) is 8.85. The number of carboxylic acid groups (broad SMARTS) is 1. The third-order valence-corrected chi connectivity index (χ3v) is 7.24. The van der Waals surface area contributed by atoms with E-state index in [0.29, 0.717) is 0 Å². The number of nitrogens with two attached hydrogens (primary N) is 1. The highest BCUT2D eigenvalue weighted by Gasteiger charge is 2.54. The van der Waals surface area contributed by atoms with E-state index in [9.17, 15) is 9.00 Å². The molecule has 0 saturated heterocycles. The van der Waals surface area contributed by atoms with Crippen LogP contribution in [0.2, 0.25) is 0 Å². The molecule has 0 aliphatic heterocycles. The predicted octanol–water partition coefficient (Wildman–Crippen LogP) is 1.12. The third-order valence-electron chi connectivity index (χ3n) is 5.11. The number of rotatable bonds is 4. The summed E-state index contributed by atoms with van der Waals surface area (Å²) < 4.78 is 12.5. The molecule has 102 valence electrons. The molecule has 3 N–H and O–H groups in total. The molecule has 0 spiro atoms. The molecule has 4 aliphatic carbocycles. The van der Waals surface area contributed by atoms with Crippen molar-refractivity contribution in [3.05, 3.63) is 0 Å². The van der Waals surface area contributed by atoms with Gasteiger partial charge < -0.3 is 10.8 Å². The maximum Gasteiger partial charge on any atom is 0.321 e. The lowest BCUT2D eigenvalue weighted by atomic mass is 9.56. The van der Waals surface area contributed by atoms with Crippen LogP contribution in [0.25, 0.3) is 0 Å². The molecular weight excluding hydrogens is 250 g/mol. The molecule has 2 atom stereocenters. The summed E-state index contributed by atoms with van der Waals surface area (Å²) in [6.45, 7) is 0. The Morgan fingerprint density at radius 2 is 1.67 bits per heavy atom. The molecule has 1 unspecified atom stereocenters. The number of hydrogen-bond donors (Lipinski definition) is 2. The molecule has 0 aromatic carbocycles. The molecule has 0 amide bonds. The maximum absolute atomic E-state index is 12.6.